The standard InChI is InChI=1S/C12H23N/c1-10(2)13-8-6-11(7-9-13)12(3,4)5/h6,10H,7-9H2,1-5H3. The second kappa shape index (κ2) is 3.83. The molecule has 0 aromatic rings. The summed E-state index contributed by atoms with van der Waals surface area (Å²) in [4.78, 5) is 2.52. The van der Waals surface area contributed by atoms with Crippen molar-refractivity contribution < 1.29 is 0 Å². The summed E-state index contributed by atoms with van der Waals surface area (Å²) in [6.07, 6.45) is 3.67. The smallest absolute Gasteiger partial charge is 0.0168 e. The molecule has 0 aliphatic carbocycles. The van der Waals surface area contributed by atoms with E-state index in [1.165, 1.54) is 13.0 Å². The van der Waals surface area contributed by atoms with E-state index < -0.39 is 0 Å². The lowest BCUT2D eigenvalue weighted by Gasteiger charge is -2.34. The zero-order valence-corrected chi connectivity index (χ0v) is 9.72. The third-order valence-corrected chi connectivity index (χ3v) is 2.93. The number of nitrogens with zero attached hydrogens (tertiary/aromatic N) is 1. The highest BCUT2D eigenvalue weighted by atomic mass is 15.1. The van der Waals surface area contributed by atoms with Crippen molar-refractivity contribution in [3.05, 3.63) is 11.6 Å². The van der Waals surface area contributed by atoms with Crippen LogP contribution in [0.25, 0.3) is 0 Å². The van der Waals surface area contributed by atoms with Crippen molar-refractivity contribution in [3.8, 4) is 0 Å². The summed E-state index contributed by atoms with van der Waals surface area (Å²) in [6, 6.07) is 0.692. The van der Waals surface area contributed by atoms with Gasteiger partial charge in [-0.1, -0.05) is 32.4 Å². The Bertz CT molecular complexity index is 196. The predicted molar refractivity (Wildman–Crippen MR) is 58.9 cm³/mol. The quantitative estimate of drug-likeness (QED) is 0.562. The van der Waals surface area contributed by atoms with Crippen molar-refractivity contribution in [2.75, 3.05) is 13.1 Å². The van der Waals surface area contributed by atoms with E-state index in [0.717, 1.165) is 6.54 Å². The van der Waals surface area contributed by atoms with E-state index in [0.29, 0.717) is 11.5 Å². The fraction of sp³-hybridized carbons (Fsp3) is 0.833. The zero-order chi connectivity index (χ0) is 10.1. The van der Waals surface area contributed by atoms with Gasteiger partial charge in [-0.2, -0.15) is 0 Å². The Labute approximate surface area is 82.8 Å². The van der Waals surface area contributed by atoms with Crippen LogP contribution < -0.4 is 0 Å². The highest BCUT2D eigenvalue weighted by Gasteiger charge is 2.21. The van der Waals surface area contributed by atoms with Gasteiger partial charge < -0.3 is 0 Å². The third kappa shape index (κ3) is 2.84. The molecule has 0 fully saturated rings. The number of rotatable bonds is 1. The fourth-order valence-corrected chi connectivity index (χ4v) is 1.84. The molecule has 0 radical (unpaired) electrons. The minimum absolute atomic E-state index is 0.378. The van der Waals surface area contributed by atoms with E-state index >= 15 is 0 Å². The van der Waals surface area contributed by atoms with Gasteiger partial charge in [0.05, 0.1) is 0 Å². The fourth-order valence-electron chi connectivity index (χ4n) is 1.84. The van der Waals surface area contributed by atoms with Crippen LogP contribution in [0.5, 0.6) is 0 Å². The molecule has 76 valence electrons. The first-order valence-electron chi connectivity index (χ1n) is 5.35. The molecule has 1 heteroatoms. The summed E-state index contributed by atoms with van der Waals surface area (Å²) >= 11 is 0. The van der Waals surface area contributed by atoms with Crippen LogP contribution in [-0.2, 0) is 0 Å². The lowest BCUT2D eigenvalue weighted by molar-refractivity contribution is 0.229. The maximum atomic E-state index is 2.52. The first kappa shape index (κ1) is 10.8. The monoisotopic (exact) mass is 181 g/mol. The summed E-state index contributed by atoms with van der Waals surface area (Å²) in [7, 11) is 0. The van der Waals surface area contributed by atoms with Crippen molar-refractivity contribution in [2.45, 2.75) is 47.1 Å². The van der Waals surface area contributed by atoms with Crippen LogP contribution in [-0.4, -0.2) is 24.0 Å². The summed E-state index contributed by atoms with van der Waals surface area (Å²) in [5.41, 5.74) is 2.01. The first-order valence-corrected chi connectivity index (χ1v) is 5.35. The van der Waals surface area contributed by atoms with Gasteiger partial charge in [-0.25, -0.2) is 0 Å². The summed E-state index contributed by atoms with van der Waals surface area (Å²) in [5.74, 6) is 0. The van der Waals surface area contributed by atoms with Gasteiger partial charge in [0.1, 0.15) is 0 Å². The van der Waals surface area contributed by atoms with Gasteiger partial charge in [0, 0.05) is 19.1 Å². The SMILES string of the molecule is CC(C)N1CC=C(C(C)(C)C)CC1. The van der Waals surface area contributed by atoms with Gasteiger partial charge in [0.15, 0.2) is 0 Å². The molecule has 0 N–H and O–H groups in total. The lowest BCUT2D eigenvalue weighted by Crippen LogP contribution is -2.36. The predicted octanol–water partition coefficient (Wildman–Crippen LogP) is 3.07. The van der Waals surface area contributed by atoms with Crippen LogP contribution in [0.1, 0.15) is 41.0 Å². The summed E-state index contributed by atoms with van der Waals surface area (Å²) < 4.78 is 0. The van der Waals surface area contributed by atoms with Gasteiger partial charge in [0.2, 0.25) is 0 Å². The third-order valence-electron chi connectivity index (χ3n) is 2.93. The second-order valence-corrected chi connectivity index (χ2v) is 5.32. The van der Waals surface area contributed by atoms with E-state index in [1.54, 1.807) is 5.57 Å². The highest BCUT2D eigenvalue weighted by Crippen LogP contribution is 2.30. The van der Waals surface area contributed by atoms with E-state index in [2.05, 4.69) is 45.6 Å². The Morgan fingerprint density at radius 2 is 1.92 bits per heavy atom. The van der Waals surface area contributed by atoms with E-state index in [9.17, 15) is 0 Å². The van der Waals surface area contributed by atoms with Gasteiger partial charge in [-0.15, -0.1) is 0 Å². The second-order valence-electron chi connectivity index (χ2n) is 5.32. The van der Waals surface area contributed by atoms with Crippen molar-refractivity contribution >= 4 is 0 Å². The normalized spacial score (nSPS) is 20.6. The minimum atomic E-state index is 0.378. The molecule has 0 aromatic heterocycles. The summed E-state index contributed by atoms with van der Waals surface area (Å²) in [5, 5.41) is 0. The van der Waals surface area contributed by atoms with Gasteiger partial charge >= 0.3 is 0 Å². The average Bonchev–Trinajstić information content (AvgIpc) is 2.03. The molecule has 13 heavy (non-hydrogen) atoms. The Balaban J connectivity index is 2.58. The molecule has 0 saturated carbocycles. The van der Waals surface area contributed by atoms with Crippen LogP contribution in [0, 0.1) is 5.41 Å². The molecule has 1 nitrogen and oxygen atoms in total. The maximum absolute atomic E-state index is 2.52. The van der Waals surface area contributed by atoms with Crippen molar-refractivity contribution in [2.24, 2.45) is 5.41 Å². The number of hydrogen-bond acceptors (Lipinski definition) is 1. The molecule has 1 aliphatic heterocycles. The molecule has 0 saturated heterocycles. The van der Waals surface area contributed by atoms with Crippen LogP contribution in [0.4, 0.5) is 0 Å². The molecule has 0 atom stereocenters. The molecule has 0 amide bonds. The van der Waals surface area contributed by atoms with Crippen LogP contribution >= 0.6 is 0 Å². The van der Waals surface area contributed by atoms with Crippen LogP contribution in [0.2, 0.25) is 0 Å². The molecular weight excluding hydrogens is 158 g/mol. The Hall–Kier alpha value is -0.300. The molecule has 1 aliphatic rings. The maximum Gasteiger partial charge on any atom is 0.0168 e. The topological polar surface area (TPSA) is 3.24 Å². The molecule has 0 unspecified atom stereocenters. The van der Waals surface area contributed by atoms with Gasteiger partial charge in [-0.3, -0.25) is 4.90 Å². The lowest BCUT2D eigenvalue weighted by atomic mass is 9.83. The van der Waals surface area contributed by atoms with Crippen LogP contribution in [0.15, 0.2) is 11.6 Å². The largest absolute Gasteiger partial charge is 0.297 e. The van der Waals surface area contributed by atoms with Gasteiger partial charge in [-0.05, 0) is 25.7 Å². The van der Waals surface area contributed by atoms with Crippen molar-refractivity contribution in [3.63, 3.8) is 0 Å². The molecular formula is C12H23N. The average molecular weight is 181 g/mol. The van der Waals surface area contributed by atoms with Crippen molar-refractivity contribution in [1.82, 2.24) is 4.90 Å². The Morgan fingerprint density at radius 1 is 1.31 bits per heavy atom. The zero-order valence-electron chi connectivity index (χ0n) is 9.72. The minimum Gasteiger partial charge on any atom is -0.297 e. The molecule has 1 rings (SSSR count). The molecule has 0 bridgehead atoms. The van der Waals surface area contributed by atoms with Crippen molar-refractivity contribution in [1.29, 1.82) is 0 Å². The summed E-state index contributed by atoms with van der Waals surface area (Å²) in [6.45, 7) is 13.9. The Kier molecular flexibility index (Phi) is 3.18. The Morgan fingerprint density at radius 3 is 2.23 bits per heavy atom. The van der Waals surface area contributed by atoms with E-state index in [1.807, 2.05) is 0 Å². The van der Waals surface area contributed by atoms with E-state index in [-0.39, 0.29) is 0 Å². The van der Waals surface area contributed by atoms with Crippen LogP contribution in [0.3, 0.4) is 0 Å². The number of hydrogen-bond donors (Lipinski definition) is 0. The van der Waals surface area contributed by atoms with E-state index in [4.69, 9.17) is 0 Å². The first-order chi connectivity index (χ1) is 5.91. The molecule has 0 aromatic carbocycles. The molecule has 1 heterocycles. The molecule has 0 spiro atoms. The highest BCUT2D eigenvalue weighted by molar-refractivity contribution is 5.14. The van der Waals surface area contributed by atoms with Gasteiger partial charge in [0.25, 0.3) is 0 Å².